The monoisotopic (exact) mass is 389 g/mol. The first-order chi connectivity index (χ1) is 9.79. The van der Waals surface area contributed by atoms with Gasteiger partial charge < -0.3 is 19.4 Å². The minimum absolute atomic E-state index is 0. The Bertz CT molecular complexity index is 356. The molecule has 0 saturated heterocycles. The van der Waals surface area contributed by atoms with Crippen LogP contribution >= 0.6 is 24.8 Å². The molecule has 0 saturated carbocycles. The van der Waals surface area contributed by atoms with Crippen molar-refractivity contribution in [2.24, 2.45) is 5.41 Å². The van der Waals surface area contributed by atoms with E-state index < -0.39 is 0 Å². The molecule has 148 valence electrons. The number of amides is 1. The van der Waals surface area contributed by atoms with E-state index in [1.165, 1.54) is 0 Å². The molecule has 7 heteroatoms. The summed E-state index contributed by atoms with van der Waals surface area (Å²) in [5, 5.41) is 13.2. The maximum atomic E-state index is 12.0. The van der Waals surface area contributed by atoms with Crippen molar-refractivity contribution >= 4 is 30.7 Å². The van der Waals surface area contributed by atoms with Gasteiger partial charge in [0.25, 0.3) is 0 Å². The number of aliphatic hydroxyl groups excluding tert-OH is 1. The molecule has 0 aliphatic heterocycles. The van der Waals surface area contributed by atoms with Gasteiger partial charge in [0.15, 0.2) is 6.10 Å². The second kappa shape index (κ2) is 11.5. The van der Waals surface area contributed by atoms with E-state index in [9.17, 15) is 9.90 Å². The van der Waals surface area contributed by atoms with Crippen LogP contribution in [0.2, 0.25) is 0 Å². The number of halogens is 2. The van der Waals surface area contributed by atoms with E-state index in [1.807, 2.05) is 20.8 Å². The van der Waals surface area contributed by atoms with Crippen molar-refractivity contribution in [1.29, 1.82) is 0 Å². The van der Waals surface area contributed by atoms with Crippen LogP contribution < -0.4 is 5.32 Å². The number of quaternary nitrogens is 2. The van der Waals surface area contributed by atoms with Gasteiger partial charge in [-0.25, -0.2) is 0 Å². The summed E-state index contributed by atoms with van der Waals surface area (Å²) in [6, 6.07) is 0. The fourth-order valence-electron chi connectivity index (χ4n) is 2.46. The molecular formula is C17H41Cl2N3O2+2. The van der Waals surface area contributed by atoms with Gasteiger partial charge in [-0.15, -0.1) is 24.8 Å². The molecule has 0 aliphatic rings. The van der Waals surface area contributed by atoms with Crippen molar-refractivity contribution in [1.82, 2.24) is 5.32 Å². The smallest absolute Gasteiger partial charge is 0.225 e. The molecular weight excluding hydrogens is 349 g/mol. The summed E-state index contributed by atoms with van der Waals surface area (Å²) >= 11 is 0. The molecule has 0 rings (SSSR count). The van der Waals surface area contributed by atoms with Crippen molar-refractivity contribution in [2.75, 3.05) is 61.4 Å². The predicted octanol–water partition coefficient (Wildman–Crippen LogP) is 1.92. The average Bonchev–Trinajstić information content (AvgIpc) is 2.30. The molecule has 0 aromatic rings. The highest BCUT2D eigenvalue weighted by molar-refractivity contribution is 5.85. The van der Waals surface area contributed by atoms with Crippen molar-refractivity contribution in [3.8, 4) is 0 Å². The number of rotatable bonds is 10. The second-order valence-corrected chi connectivity index (χ2v) is 8.82. The second-order valence-electron chi connectivity index (χ2n) is 8.82. The van der Waals surface area contributed by atoms with E-state index in [-0.39, 0.29) is 42.2 Å². The Hall–Kier alpha value is -0.0700. The first-order valence-electron chi connectivity index (χ1n) is 8.38. The lowest BCUT2D eigenvalue weighted by atomic mass is 9.89. The summed E-state index contributed by atoms with van der Waals surface area (Å²) in [5.74, 6) is 0.130. The van der Waals surface area contributed by atoms with E-state index in [2.05, 4.69) is 40.6 Å². The molecule has 0 bridgehead atoms. The van der Waals surface area contributed by atoms with Crippen molar-refractivity contribution in [3.05, 3.63) is 0 Å². The Labute approximate surface area is 161 Å². The molecule has 24 heavy (non-hydrogen) atoms. The molecule has 0 fully saturated rings. The lowest BCUT2D eigenvalue weighted by molar-refractivity contribution is -0.907. The highest BCUT2D eigenvalue weighted by atomic mass is 35.5. The Morgan fingerprint density at radius 2 is 1.58 bits per heavy atom. The minimum Gasteiger partial charge on any atom is -0.382 e. The minimum atomic E-state index is -0.302. The van der Waals surface area contributed by atoms with Gasteiger partial charge >= 0.3 is 0 Å². The molecule has 5 nitrogen and oxygen atoms in total. The molecule has 1 atom stereocenters. The number of aliphatic hydroxyl groups is 1. The third-order valence-electron chi connectivity index (χ3n) is 4.19. The van der Waals surface area contributed by atoms with Crippen LogP contribution in [0.5, 0.6) is 0 Å². The predicted molar refractivity (Wildman–Crippen MR) is 107 cm³/mol. The number of nitrogens with one attached hydrogen (secondary N) is 1. The van der Waals surface area contributed by atoms with Crippen LogP contribution in [0.25, 0.3) is 0 Å². The zero-order valence-corrected chi connectivity index (χ0v) is 18.5. The van der Waals surface area contributed by atoms with E-state index >= 15 is 0 Å². The Morgan fingerprint density at radius 1 is 1.08 bits per heavy atom. The van der Waals surface area contributed by atoms with E-state index in [4.69, 9.17) is 0 Å². The zero-order chi connectivity index (χ0) is 17.6. The Kier molecular flexibility index (Phi) is 13.8. The van der Waals surface area contributed by atoms with Gasteiger partial charge in [-0.3, -0.25) is 4.79 Å². The lowest BCUT2D eigenvalue weighted by Gasteiger charge is -2.34. The Balaban J connectivity index is -0.00000220. The van der Waals surface area contributed by atoms with Crippen molar-refractivity contribution in [3.63, 3.8) is 0 Å². The normalized spacial score (nSPS) is 13.5. The van der Waals surface area contributed by atoms with Gasteiger partial charge in [0.2, 0.25) is 5.91 Å². The summed E-state index contributed by atoms with van der Waals surface area (Å²) in [7, 11) is 10.5. The zero-order valence-electron chi connectivity index (χ0n) is 16.9. The van der Waals surface area contributed by atoms with Crippen LogP contribution in [0.15, 0.2) is 0 Å². The summed E-state index contributed by atoms with van der Waals surface area (Å²) in [5.41, 5.74) is -0.287. The van der Waals surface area contributed by atoms with Gasteiger partial charge in [0, 0.05) is 18.4 Å². The molecule has 1 unspecified atom stereocenters. The summed E-state index contributed by atoms with van der Waals surface area (Å²) in [6.07, 6.45) is 1.47. The van der Waals surface area contributed by atoms with Gasteiger partial charge in [-0.1, -0.05) is 20.8 Å². The largest absolute Gasteiger partial charge is 0.382 e. The van der Waals surface area contributed by atoms with Gasteiger partial charge in [-0.2, -0.15) is 0 Å². The fraction of sp³-hybridized carbons (Fsp3) is 0.941. The van der Waals surface area contributed by atoms with Gasteiger partial charge in [0.1, 0.15) is 13.1 Å². The number of nitrogens with zero attached hydrogens (tertiary/aromatic N) is 2. The molecule has 2 N–H and O–H groups in total. The third kappa shape index (κ3) is 13.2. The lowest BCUT2D eigenvalue weighted by Crippen LogP contribution is -2.52. The average molecular weight is 390 g/mol. The molecule has 0 aromatic heterocycles. The highest BCUT2D eigenvalue weighted by Gasteiger charge is 2.26. The van der Waals surface area contributed by atoms with Crippen LogP contribution in [0.4, 0.5) is 0 Å². The quantitative estimate of drug-likeness (QED) is 0.442. The molecule has 0 heterocycles. The van der Waals surface area contributed by atoms with Crippen LogP contribution in [0, 0.1) is 5.41 Å². The summed E-state index contributed by atoms with van der Waals surface area (Å²) in [4.78, 5) is 12.0. The van der Waals surface area contributed by atoms with E-state index in [0.29, 0.717) is 6.54 Å². The van der Waals surface area contributed by atoms with Crippen LogP contribution in [0.3, 0.4) is 0 Å². The maximum absolute atomic E-state index is 12.0. The van der Waals surface area contributed by atoms with Crippen LogP contribution in [0.1, 0.15) is 33.6 Å². The number of carbonyl (C=O) groups is 1. The number of hydrogen-bond acceptors (Lipinski definition) is 2. The molecule has 0 aliphatic carbocycles. The molecule has 0 spiro atoms. The standard InChI is InChI=1S/C17H38N3O2.2ClH/c1-9-17(2,3)16(22)18-11-10-12-20(7,8)14-15(21)13-19(4,5)6;;/h15,21H,9-14H2,1-8H3;2*1H/q+1;;/p+1. The van der Waals surface area contributed by atoms with E-state index in [1.54, 1.807) is 0 Å². The molecule has 1 amide bonds. The SMILES string of the molecule is CCC(C)(C)C(=O)NCCC[N+](C)(C)CC(O)C[N+](C)(C)C.Cl.Cl. The summed E-state index contributed by atoms with van der Waals surface area (Å²) < 4.78 is 1.54. The molecule has 0 radical (unpaired) electrons. The number of hydrogen-bond donors (Lipinski definition) is 2. The van der Waals surface area contributed by atoms with Crippen LogP contribution in [-0.4, -0.2) is 87.5 Å². The molecule has 0 aromatic carbocycles. The highest BCUT2D eigenvalue weighted by Crippen LogP contribution is 2.19. The first-order valence-corrected chi connectivity index (χ1v) is 8.38. The maximum Gasteiger partial charge on any atom is 0.225 e. The van der Waals surface area contributed by atoms with Gasteiger partial charge in [0.05, 0.1) is 41.8 Å². The van der Waals surface area contributed by atoms with Crippen LogP contribution in [-0.2, 0) is 4.79 Å². The first kappa shape index (κ1) is 28.7. The van der Waals surface area contributed by atoms with Crippen molar-refractivity contribution in [2.45, 2.75) is 39.7 Å². The fourth-order valence-corrected chi connectivity index (χ4v) is 2.46. The van der Waals surface area contributed by atoms with Gasteiger partial charge in [-0.05, 0) is 6.42 Å². The number of likely N-dealkylation sites (N-methyl/N-ethyl adjacent to an activating group) is 2. The number of carbonyl (C=O) groups excluding carboxylic acids is 1. The summed E-state index contributed by atoms with van der Waals surface area (Å²) in [6.45, 7) is 9.13. The topological polar surface area (TPSA) is 49.3 Å². The van der Waals surface area contributed by atoms with Crippen molar-refractivity contribution < 1.29 is 18.9 Å². The Morgan fingerprint density at radius 3 is 2.00 bits per heavy atom. The van der Waals surface area contributed by atoms with E-state index in [0.717, 1.165) is 41.4 Å². The third-order valence-corrected chi connectivity index (χ3v) is 4.19.